The first-order valence-electron chi connectivity index (χ1n) is 11.8. The normalized spacial score (nSPS) is 14.6. The molecule has 0 radical (unpaired) electrons. The first kappa shape index (κ1) is 25.7. The van der Waals surface area contributed by atoms with Crippen LogP contribution >= 0.6 is 11.6 Å². The number of hydrogen-bond donors (Lipinski definition) is 0. The average Bonchev–Trinajstić information content (AvgIpc) is 2.90. The third kappa shape index (κ3) is 5.74. The standard InChI is InChI=1S/C30H25ClN2O4/c1-3-36-28-16-22(13-14-27(28)37-19-23-11-7-8-12-26(23)31)15-24-20(2)25(17-32)30(35)33(29(24)34)18-21-9-5-4-6-10-21/h4-16H,3,18-19H2,1-2H3/b24-15+. The summed E-state index contributed by atoms with van der Waals surface area (Å²) < 4.78 is 11.8. The Balaban J connectivity index is 1.66. The van der Waals surface area contributed by atoms with Crippen LogP contribution in [0, 0.1) is 11.3 Å². The number of halogens is 1. The molecule has 2 amide bonds. The zero-order chi connectivity index (χ0) is 26.4. The number of carbonyl (C=O) groups is 2. The Kier molecular flexibility index (Phi) is 8.07. The van der Waals surface area contributed by atoms with E-state index in [-0.39, 0.29) is 24.3 Å². The van der Waals surface area contributed by atoms with Crippen LogP contribution in [-0.2, 0) is 22.7 Å². The molecular weight excluding hydrogens is 488 g/mol. The lowest BCUT2D eigenvalue weighted by atomic mass is 9.93. The number of imide groups is 1. The van der Waals surface area contributed by atoms with Gasteiger partial charge in [0.1, 0.15) is 18.2 Å². The van der Waals surface area contributed by atoms with Crippen LogP contribution in [0.15, 0.2) is 89.5 Å². The van der Waals surface area contributed by atoms with E-state index in [0.717, 1.165) is 16.0 Å². The summed E-state index contributed by atoms with van der Waals surface area (Å²) >= 11 is 6.24. The van der Waals surface area contributed by atoms with Gasteiger partial charge in [-0.3, -0.25) is 14.5 Å². The number of ether oxygens (including phenoxy) is 2. The Morgan fingerprint density at radius 1 is 0.946 bits per heavy atom. The van der Waals surface area contributed by atoms with Crippen LogP contribution < -0.4 is 9.47 Å². The van der Waals surface area contributed by atoms with E-state index in [0.29, 0.717) is 34.3 Å². The van der Waals surface area contributed by atoms with Gasteiger partial charge in [0.2, 0.25) is 0 Å². The first-order chi connectivity index (χ1) is 17.9. The lowest BCUT2D eigenvalue weighted by molar-refractivity contribution is -0.141. The van der Waals surface area contributed by atoms with E-state index >= 15 is 0 Å². The van der Waals surface area contributed by atoms with Gasteiger partial charge in [0, 0.05) is 16.2 Å². The van der Waals surface area contributed by atoms with Gasteiger partial charge in [-0.2, -0.15) is 5.26 Å². The molecule has 4 rings (SSSR count). The fourth-order valence-corrected chi connectivity index (χ4v) is 4.17. The van der Waals surface area contributed by atoms with Gasteiger partial charge in [-0.05, 0) is 54.8 Å². The summed E-state index contributed by atoms with van der Waals surface area (Å²) in [5.41, 5.74) is 2.88. The lowest BCUT2D eigenvalue weighted by Gasteiger charge is -2.27. The number of nitrogens with zero attached hydrogens (tertiary/aromatic N) is 2. The minimum Gasteiger partial charge on any atom is -0.490 e. The van der Waals surface area contributed by atoms with Crippen LogP contribution in [0.5, 0.6) is 11.5 Å². The molecule has 1 aliphatic rings. The van der Waals surface area contributed by atoms with Gasteiger partial charge in [0.15, 0.2) is 11.5 Å². The molecule has 0 saturated heterocycles. The second kappa shape index (κ2) is 11.6. The van der Waals surface area contributed by atoms with Crippen LogP contribution in [0.1, 0.15) is 30.5 Å². The molecule has 3 aromatic carbocycles. The van der Waals surface area contributed by atoms with Crippen LogP contribution in [0.2, 0.25) is 5.02 Å². The maximum Gasteiger partial charge on any atom is 0.271 e. The summed E-state index contributed by atoms with van der Waals surface area (Å²) in [4.78, 5) is 27.4. The van der Waals surface area contributed by atoms with Gasteiger partial charge >= 0.3 is 0 Å². The molecule has 1 heterocycles. The van der Waals surface area contributed by atoms with Gasteiger partial charge in [-0.25, -0.2) is 0 Å². The van der Waals surface area contributed by atoms with Gasteiger partial charge in [-0.15, -0.1) is 0 Å². The maximum absolute atomic E-state index is 13.4. The summed E-state index contributed by atoms with van der Waals surface area (Å²) in [5, 5.41) is 10.3. The molecule has 3 aromatic rings. The highest BCUT2D eigenvalue weighted by molar-refractivity contribution is 6.31. The molecular formula is C30H25ClN2O4. The van der Waals surface area contributed by atoms with Crippen molar-refractivity contribution in [2.75, 3.05) is 6.61 Å². The van der Waals surface area contributed by atoms with Gasteiger partial charge in [0.25, 0.3) is 11.8 Å². The monoisotopic (exact) mass is 512 g/mol. The Morgan fingerprint density at radius 2 is 1.68 bits per heavy atom. The molecule has 0 atom stereocenters. The number of nitriles is 1. The Hall–Kier alpha value is -4.34. The predicted molar refractivity (Wildman–Crippen MR) is 142 cm³/mol. The van der Waals surface area contributed by atoms with Crippen LogP contribution in [-0.4, -0.2) is 23.3 Å². The van der Waals surface area contributed by atoms with E-state index in [4.69, 9.17) is 21.1 Å². The first-order valence-corrected chi connectivity index (χ1v) is 12.2. The number of hydrogen-bond acceptors (Lipinski definition) is 5. The number of rotatable bonds is 8. The van der Waals surface area contributed by atoms with Crippen molar-refractivity contribution in [3.05, 3.63) is 111 Å². The van der Waals surface area contributed by atoms with E-state index in [1.54, 1.807) is 37.3 Å². The SMILES string of the molecule is CCOc1cc(/C=C2/C(=O)N(Cc3ccccc3)C(=O)C(C#N)=C2C)ccc1OCc1ccccc1Cl. The van der Waals surface area contributed by atoms with E-state index in [9.17, 15) is 14.9 Å². The molecule has 37 heavy (non-hydrogen) atoms. The summed E-state index contributed by atoms with van der Waals surface area (Å²) in [6.07, 6.45) is 1.67. The Labute approximate surface area is 221 Å². The smallest absolute Gasteiger partial charge is 0.271 e. The molecule has 6 nitrogen and oxygen atoms in total. The fraction of sp³-hybridized carbons (Fsp3) is 0.167. The summed E-state index contributed by atoms with van der Waals surface area (Å²) in [7, 11) is 0. The minimum atomic E-state index is -0.593. The van der Waals surface area contributed by atoms with Crippen molar-refractivity contribution in [1.29, 1.82) is 5.26 Å². The molecule has 0 unspecified atom stereocenters. The quantitative estimate of drug-likeness (QED) is 0.269. The van der Waals surface area contributed by atoms with Crippen LogP contribution in [0.3, 0.4) is 0 Å². The molecule has 0 aliphatic carbocycles. The minimum absolute atomic E-state index is 0.0495. The van der Waals surface area contributed by atoms with E-state index in [1.165, 1.54) is 0 Å². The molecule has 0 N–H and O–H groups in total. The molecule has 186 valence electrons. The molecule has 7 heteroatoms. The fourth-order valence-electron chi connectivity index (χ4n) is 3.98. The van der Waals surface area contributed by atoms with Crippen molar-refractivity contribution in [3.63, 3.8) is 0 Å². The topological polar surface area (TPSA) is 79.6 Å². The second-order valence-corrected chi connectivity index (χ2v) is 8.78. The van der Waals surface area contributed by atoms with Crippen molar-refractivity contribution >= 4 is 29.5 Å². The van der Waals surface area contributed by atoms with Crippen molar-refractivity contribution in [3.8, 4) is 17.6 Å². The summed E-state index contributed by atoms with van der Waals surface area (Å²) in [6, 6.07) is 23.9. The zero-order valence-electron chi connectivity index (χ0n) is 20.5. The van der Waals surface area contributed by atoms with Crippen molar-refractivity contribution in [2.45, 2.75) is 27.0 Å². The van der Waals surface area contributed by atoms with E-state index in [1.807, 2.05) is 61.5 Å². The van der Waals surface area contributed by atoms with Crippen molar-refractivity contribution in [1.82, 2.24) is 4.90 Å². The lowest BCUT2D eigenvalue weighted by Crippen LogP contribution is -2.42. The Morgan fingerprint density at radius 3 is 2.38 bits per heavy atom. The van der Waals surface area contributed by atoms with Gasteiger partial charge < -0.3 is 9.47 Å². The zero-order valence-corrected chi connectivity index (χ0v) is 21.3. The third-order valence-electron chi connectivity index (χ3n) is 5.93. The van der Waals surface area contributed by atoms with Crippen LogP contribution in [0.25, 0.3) is 6.08 Å². The van der Waals surface area contributed by atoms with Crippen LogP contribution in [0.4, 0.5) is 0 Å². The third-order valence-corrected chi connectivity index (χ3v) is 6.30. The van der Waals surface area contributed by atoms with E-state index < -0.39 is 11.8 Å². The van der Waals surface area contributed by atoms with Gasteiger partial charge in [0.05, 0.1) is 13.2 Å². The summed E-state index contributed by atoms with van der Waals surface area (Å²) in [6.45, 7) is 4.24. The van der Waals surface area contributed by atoms with Crippen molar-refractivity contribution < 1.29 is 19.1 Å². The molecule has 0 bridgehead atoms. The Bertz CT molecular complexity index is 1440. The molecule has 0 aromatic heterocycles. The van der Waals surface area contributed by atoms with E-state index in [2.05, 4.69) is 0 Å². The summed E-state index contributed by atoms with van der Waals surface area (Å²) in [5.74, 6) is -0.0112. The van der Waals surface area contributed by atoms with Crippen molar-refractivity contribution in [2.24, 2.45) is 0 Å². The highest BCUT2D eigenvalue weighted by Gasteiger charge is 2.35. The maximum atomic E-state index is 13.4. The molecule has 0 spiro atoms. The highest BCUT2D eigenvalue weighted by Crippen LogP contribution is 2.33. The number of carbonyl (C=O) groups excluding carboxylic acids is 2. The highest BCUT2D eigenvalue weighted by atomic mass is 35.5. The molecule has 1 aliphatic heterocycles. The second-order valence-electron chi connectivity index (χ2n) is 8.37. The average molecular weight is 513 g/mol. The largest absolute Gasteiger partial charge is 0.490 e. The predicted octanol–water partition coefficient (Wildman–Crippen LogP) is 6.11. The molecule has 0 fully saturated rings. The number of benzene rings is 3. The number of amides is 2. The van der Waals surface area contributed by atoms with Gasteiger partial charge in [-0.1, -0.05) is 66.2 Å². The molecule has 0 saturated carbocycles.